The Balaban J connectivity index is -0.0000000413. The third-order valence-corrected chi connectivity index (χ3v) is 45.0. The second-order valence-corrected chi connectivity index (χ2v) is 52.3. The molecule has 0 radical (unpaired) electrons. The van der Waals surface area contributed by atoms with Gasteiger partial charge in [-0.3, -0.25) is 0 Å². The molecule has 2 unspecified atom stereocenters. The standard InChI is InChI=1S/C28H30O2Si2.C18H26O2Si2.2C8H22O2Si2.24CH4/c1-3-29-32(27-21-13-7-14-22-27,28-23-15-8-16-24-28)30-31(4-2,25-17-9-5-10-18-25)26-19-11-6-12-20-26;1-5-19-22(4,18-15-11-8-12-16-18)20-21(3,6-2)17-13-9-7-10-14-17;2*1-7-9-12(5,6)10-11(3,4)8-2;;;;;;;;;;;;;;;;;;;;;;;;/h5-24H,3-4H2,1-2H3;7-16H,5-6H2,1-4H3;2*7-8H2,1-6H3;24*1H4. The maximum absolute atomic E-state index is 7.62. The quantitative estimate of drug-likeness (QED) is 0.0498. The molecule has 6 rings (SSSR count). The second kappa shape index (κ2) is 77.4. The molecule has 6 aromatic carbocycles. The van der Waals surface area contributed by atoms with Crippen molar-refractivity contribution in [3.8, 4) is 0 Å². The van der Waals surface area contributed by atoms with E-state index in [-0.39, 0.29) is 178 Å². The first-order valence-electron chi connectivity index (χ1n) is 28.6. The topological polar surface area (TPSA) is 73.8 Å². The lowest BCUT2D eigenvalue weighted by Crippen LogP contribution is -2.74. The van der Waals surface area contributed by atoms with Crippen LogP contribution in [0.25, 0.3) is 0 Å². The minimum Gasteiger partial charge on any atom is -0.436 e. The van der Waals surface area contributed by atoms with Crippen molar-refractivity contribution in [1.82, 2.24) is 0 Å². The Morgan fingerprint density at radius 2 is 0.441 bits per heavy atom. The summed E-state index contributed by atoms with van der Waals surface area (Å²) >= 11 is 0. The van der Waals surface area contributed by atoms with Crippen molar-refractivity contribution in [2.75, 3.05) is 26.4 Å². The molecule has 0 N–H and O–H groups in total. The van der Waals surface area contributed by atoms with Crippen LogP contribution in [-0.4, -0.2) is 93.9 Å². The molecule has 0 aliphatic heterocycles. The number of rotatable bonds is 26. The largest absolute Gasteiger partial charge is 0.436 e. The second-order valence-electron chi connectivity index (χ2n) is 21.7. The summed E-state index contributed by atoms with van der Waals surface area (Å²) in [6, 6.07) is 68.0. The highest BCUT2D eigenvalue weighted by Gasteiger charge is 2.52. The van der Waals surface area contributed by atoms with E-state index in [2.05, 4.69) is 276 Å². The van der Waals surface area contributed by atoms with Crippen LogP contribution in [0.3, 0.4) is 0 Å². The first-order valence-corrected chi connectivity index (χ1v) is 49.4. The molecular weight excluding hydrogens is 1390 g/mol. The zero-order valence-electron chi connectivity index (χ0n) is 51.2. The number of hydrogen-bond acceptors (Lipinski definition) is 8. The molecule has 0 bridgehead atoms. The van der Waals surface area contributed by atoms with Crippen molar-refractivity contribution in [1.29, 1.82) is 0 Å². The van der Waals surface area contributed by atoms with Crippen molar-refractivity contribution in [3.63, 3.8) is 0 Å². The van der Waals surface area contributed by atoms with Crippen LogP contribution in [0.5, 0.6) is 0 Å². The fourth-order valence-corrected chi connectivity index (χ4v) is 40.7. The Labute approximate surface area is 660 Å². The van der Waals surface area contributed by atoms with Crippen LogP contribution < -0.4 is 31.1 Å². The Hall–Kier alpha value is -3.26. The molecule has 8 nitrogen and oxygen atoms in total. The van der Waals surface area contributed by atoms with Crippen molar-refractivity contribution in [2.45, 2.75) is 323 Å². The lowest BCUT2D eigenvalue weighted by molar-refractivity contribution is 0.260. The molecule has 16 heteroatoms. The smallest absolute Gasteiger partial charge is 0.397 e. The van der Waals surface area contributed by atoms with Gasteiger partial charge >= 0.3 is 34.2 Å². The SMILES string of the molecule is C.C.C.C.C.C.C.C.C.C.C.C.C.C.C.C.C.C.C.C.C.C.C.C.CCO[Si](C)(C)O[Si](C)(C)CC.CCO[Si](C)(C)O[Si](C)(C)CC.CCO[Si](C)(O[Si](C)(CC)c1ccccc1)c1ccccc1.CCO[Si](O[Si](CC)(c1ccccc1)c1ccccc1)(c1ccccc1)c1ccccc1. The maximum atomic E-state index is 7.62. The first-order chi connectivity index (χ1) is 36.9. The fraction of sp³-hybridized carbons (Fsp3) is 0.581. The summed E-state index contributed by atoms with van der Waals surface area (Å²) < 4.78 is 50.8. The highest BCUT2D eigenvalue weighted by Crippen LogP contribution is 2.24. The molecule has 620 valence electrons. The van der Waals surface area contributed by atoms with Crippen LogP contribution in [0.4, 0.5) is 0 Å². The van der Waals surface area contributed by atoms with Gasteiger partial charge in [0.1, 0.15) is 0 Å². The van der Waals surface area contributed by atoms with Gasteiger partial charge in [0.2, 0.25) is 16.6 Å². The Bertz CT molecular complexity index is 2410. The Morgan fingerprint density at radius 3 is 0.657 bits per heavy atom. The van der Waals surface area contributed by atoms with Gasteiger partial charge in [0, 0.05) is 26.4 Å². The van der Waals surface area contributed by atoms with E-state index in [0.29, 0.717) is 13.2 Å². The van der Waals surface area contributed by atoms with E-state index in [4.69, 9.17) is 34.2 Å². The van der Waals surface area contributed by atoms with Gasteiger partial charge in [0.15, 0.2) is 16.6 Å². The fourth-order valence-electron chi connectivity index (χ4n) is 9.40. The van der Waals surface area contributed by atoms with Gasteiger partial charge in [-0.05, 0) is 148 Å². The third-order valence-electron chi connectivity index (χ3n) is 13.9. The molecule has 0 aromatic heterocycles. The summed E-state index contributed by atoms with van der Waals surface area (Å²) in [4.78, 5) is 0. The van der Waals surface area contributed by atoms with Gasteiger partial charge in [-0.25, -0.2) is 0 Å². The maximum Gasteiger partial charge on any atom is 0.397 e. The number of benzene rings is 6. The van der Waals surface area contributed by atoms with Crippen molar-refractivity contribution >= 4 is 98.6 Å². The lowest BCUT2D eigenvalue weighted by atomic mass is 10.4. The lowest BCUT2D eigenvalue weighted by Gasteiger charge is -2.42. The molecule has 0 saturated heterocycles. The van der Waals surface area contributed by atoms with Crippen molar-refractivity contribution in [2.24, 2.45) is 0 Å². The van der Waals surface area contributed by atoms with Crippen LogP contribution in [0.1, 0.15) is 234 Å². The molecule has 0 heterocycles. The van der Waals surface area contributed by atoms with Gasteiger partial charge in [-0.15, -0.1) is 0 Å². The molecule has 0 fully saturated rings. The van der Waals surface area contributed by atoms with E-state index in [1.165, 1.54) is 20.7 Å². The predicted octanol–water partition coefficient (Wildman–Crippen LogP) is 28.8. The molecule has 2 atom stereocenters. The summed E-state index contributed by atoms with van der Waals surface area (Å²) in [5.74, 6) is 0. The Morgan fingerprint density at radius 1 is 0.216 bits per heavy atom. The van der Waals surface area contributed by atoms with E-state index in [0.717, 1.165) is 47.8 Å². The third kappa shape index (κ3) is 50.3. The molecule has 0 saturated carbocycles. The molecule has 6 aromatic rings. The predicted molar refractivity (Wildman–Crippen MR) is 515 cm³/mol. The summed E-state index contributed by atoms with van der Waals surface area (Å²) in [5, 5.41) is 7.39. The van der Waals surface area contributed by atoms with Gasteiger partial charge in [0.25, 0.3) is 0 Å². The minimum atomic E-state index is -3.01. The molecule has 0 spiro atoms. The van der Waals surface area contributed by atoms with Crippen molar-refractivity contribution in [3.05, 3.63) is 182 Å². The molecular formula is C86H196O8Si8. The average molecular weight is 1580 g/mol. The van der Waals surface area contributed by atoms with Crippen LogP contribution in [-0.2, 0) is 34.2 Å². The highest BCUT2D eigenvalue weighted by atomic mass is 28.5. The zero-order chi connectivity index (χ0) is 58.0. The van der Waals surface area contributed by atoms with E-state index in [9.17, 15) is 0 Å². The monoisotopic (exact) mass is 1580 g/mol. The van der Waals surface area contributed by atoms with Gasteiger partial charge in [0.05, 0.1) is 0 Å². The average Bonchev–Trinajstić information content (AvgIpc) is 0.747. The normalized spacial score (nSPS) is 10.5. The molecule has 0 aliphatic rings. The summed E-state index contributed by atoms with van der Waals surface area (Å²) in [6.07, 6.45) is 0. The summed E-state index contributed by atoms with van der Waals surface area (Å²) in [5.41, 5.74) is 0. The highest BCUT2D eigenvalue weighted by molar-refractivity contribution is 7.07. The zero-order valence-corrected chi connectivity index (χ0v) is 59.2. The van der Waals surface area contributed by atoms with Gasteiger partial charge in [-0.2, -0.15) is 0 Å². The van der Waals surface area contributed by atoms with Crippen LogP contribution in [0.2, 0.25) is 89.6 Å². The van der Waals surface area contributed by atoms with E-state index in [1.807, 2.05) is 26.8 Å². The van der Waals surface area contributed by atoms with Gasteiger partial charge in [-0.1, -0.05) is 388 Å². The van der Waals surface area contributed by atoms with Gasteiger partial charge < -0.3 is 34.2 Å². The molecule has 0 aliphatic carbocycles. The summed E-state index contributed by atoms with van der Waals surface area (Å²) in [7, 11) is -16.5. The molecule has 0 amide bonds. The van der Waals surface area contributed by atoms with E-state index >= 15 is 0 Å². The molecule has 102 heavy (non-hydrogen) atoms. The minimum absolute atomic E-state index is 0. The van der Waals surface area contributed by atoms with E-state index < -0.39 is 67.5 Å². The first kappa shape index (κ1) is 160. The van der Waals surface area contributed by atoms with E-state index in [1.54, 1.807) is 0 Å². The van der Waals surface area contributed by atoms with Crippen LogP contribution in [0, 0.1) is 0 Å². The summed E-state index contributed by atoms with van der Waals surface area (Å²) in [6.45, 7) is 41.8. The number of hydrogen-bond donors (Lipinski definition) is 0. The van der Waals surface area contributed by atoms with Crippen molar-refractivity contribution < 1.29 is 34.2 Å². The van der Waals surface area contributed by atoms with Crippen LogP contribution in [0.15, 0.2) is 182 Å². The Kier molecular flexibility index (Phi) is 121. The van der Waals surface area contributed by atoms with Crippen LogP contribution >= 0.6 is 0 Å².